The van der Waals surface area contributed by atoms with Crippen LogP contribution in [0.5, 0.6) is 5.75 Å². The number of carbonyl (C=O) groups excluding carboxylic acids is 1. The van der Waals surface area contributed by atoms with Crippen molar-refractivity contribution < 1.29 is 9.53 Å². The van der Waals surface area contributed by atoms with Crippen LogP contribution in [-0.2, 0) is 0 Å². The summed E-state index contributed by atoms with van der Waals surface area (Å²) in [5.41, 5.74) is 3.57. The lowest BCUT2D eigenvalue weighted by atomic mass is 9.96. The molecule has 0 saturated heterocycles. The number of hydrogen-bond donors (Lipinski definition) is 1. The van der Waals surface area contributed by atoms with E-state index in [9.17, 15) is 4.79 Å². The lowest BCUT2D eigenvalue weighted by Crippen LogP contribution is -2.21. The van der Waals surface area contributed by atoms with Crippen molar-refractivity contribution in [3.8, 4) is 5.75 Å². The van der Waals surface area contributed by atoms with E-state index in [2.05, 4.69) is 5.32 Å². The maximum atomic E-state index is 13.1. The fraction of sp³-hybridized carbons (Fsp3) is 0.136. The second-order valence-corrected chi connectivity index (χ2v) is 5.90. The maximum absolute atomic E-state index is 13.1. The van der Waals surface area contributed by atoms with E-state index in [1.165, 1.54) is 0 Å². The van der Waals surface area contributed by atoms with Crippen LogP contribution in [0.3, 0.4) is 0 Å². The smallest absolute Gasteiger partial charge is 0.189 e. The fourth-order valence-electron chi connectivity index (χ4n) is 2.80. The van der Waals surface area contributed by atoms with Crippen molar-refractivity contribution in [1.82, 2.24) is 0 Å². The average molecular weight is 331 g/mol. The fourth-order valence-corrected chi connectivity index (χ4v) is 2.80. The molecule has 1 N–H and O–H groups in total. The molecule has 0 heterocycles. The number of nitrogens with one attached hydrogen (secondary N) is 1. The molecule has 3 aromatic rings. The molecule has 0 aliphatic heterocycles. The number of carbonyl (C=O) groups is 1. The Bertz CT molecular complexity index is 844. The Morgan fingerprint density at radius 2 is 1.56 bits per heavy atom. The first kappa shape index (κ1) is 16.8. The number of hydrogen-bond acceptors (Lipinski definition) is 3. The van der Waals surface area contributed by atoms with Gasteiger partial charge in [-0.1, -0.05) is 60.7 Å². The Morgan fingerprint density at radius 1 is 0.920 bits per heavy atom. The zero-order valence-electron chi connectivity index (χ0n) is 14.4. The number of anilines is 1. The third-order valence-electron chi connectivity index (χ3n) is 4.19. The molecule has 0 aliphatic carbocycles. The summed E-state index contributed by atoms with van der Waals surface area (Å²) < 4.78 is 5.26. The molecule has 3 heteroatoms. The van der Waals surface area contributed by atoms with E-state index < -0.39 is 6.04 Å². The highest BCUT2D eigenvalue weighted by molar-refractivity contribution is 6.02. The van der Waals surface area contributed by atoms with Crippen LogP contribution in [-0.4, -0.2) is 12.9 Å². The lowest BCUT2D eigenvalue weighted by molar-refractivity contribution is 0.0969. The lowest BCUT2D eigenvalue weighted by Gasteiger charge is -2.21. The molecule has 0 aliphatic rings. The van der Waals surface area contributed by atoms with Crippen LogP contribution in [0.25, 0.3) is 0 Å². The average Bonchev–Trinajstić information content (AvgIpc) is 2.68. The molecule has 0 spiro atoms. The number of Topliss-reactive ketones (excluding diaryl/α,β-unsaturated/α-hetero) is 1. The highest BCUT2D eigenvalue weighted by atomic mass is 16.5. The molecule has 0 bridgehead atoms. The summed E-state index contributed by atoms with van der Waals surface area (Å²) in [6, 6.07) is 24.5. The molecule has 0 fully saturated rings. The van der Waals surface area contributed by atoms with E-state index in [0.717, 1.165) is 22.6 Å². The maximum Gasteiger partial charge on any atom is 0.189 e. The molecule has 3 aromatic carbocycles. The predicted molar refractivity (Wildman–Crippen MR) is 101 cm³/mol. The molecule has 25 heavy (non-hydrogen) atoms. The first-order valence-corrected chi connectivity index (χ1v) is 8.24. The Hall–Kier alpha value is -3.07. The molecule has 0 saturated carbocycles. The van der Waals surface area contributed by atoms with Crippen LogP contribution in [0.15, 0.2) is 78.9 Å². The van der Waals surface area contributed by atoms with Crippen LogP contribution in [0, 0.1) is 6.92 Å². The molecule has 0 radical (unpaired) electrons. The third-order valence-corrected chi connectivity index (χ3v) is 4.19. The zero-order chi connectivity index (χ0) is 17.6. The number of ketones is 1. The SMILES string of the molecule is COc1ccc(N[C@@H](C(=O)c2ccccc2)c2ccccc2)c(C)c1. The number of rotatable bonds is 6. The van der Waals surface area contributed by atoms with Crippen LogP contribution in [0.4, 0.5) is 5.69 Å². The highest BCUT2D eigenvalue weighted by Crippen LogP contribution is 2.27. The highest BCUT2D eigenvalue weighted by Gasteiger charge is 2.22. The van der Waals surface area contributed by atoms with Crippen molar-refractivity contribution >= 4 is 11.5 Å². The first-order chi connectivity index (χ1) is 12.2. The summed E-state index contributed by atoms with van der Waals surface area (Å²) in [5.74, 6) is 0.843. The predicted octanol–water partition coefficient (Wildman–Crippen LogP) is 5.04. The number of aryl methyl sites for hydroxylation is 1. The molecule has 0 aromatic heterocycles. The van der Waals surface area contributed by atoms with Gasteiger partial charge in [-0.15, -0.1) is 0 Å². The number of ether oxygens (including phenoxy) is 1. The second-order valence-electron chi connectivity index (χ2n) is 5.90. The van der Waals surface area contributed by atoms with Gasteiger partial charge in [-0.2, -0.15) is 0 Å². The zero-order valence-corrected chi connectivity index (χ0v) is 14.4. The molecule has 1 atom stereocenters. The molecule has 0 unspecified atom stereocenters. The monoisotopic (exact) mass is 331 g/mol. The van der Waals surface area contributed by atoms with Crippen LogP contribution in [0.1, 0.15) is 27.5 Å². The van der Waals surface area contributed by atoms with Crippen molar-refractivity contribution in [3.63, 3.8) is 0 Å². The summed E-state index contributed by atoms with van der Waals surface area (Å²) in [4.78, 5) is 13.1. The quantitative estimate of drug-likeness (QED) is 0.643. The van der Waals surface area contributed by atoms with Crippen molar-refractivity contribution in [1.29, 1.82) is 0 Å². The number of benzene rings is 3. The van der Waals surface area contributed by atoms with Crippen LogP contribution in [0.2, 0.25) is 0 Å². The van der Waals surface area contributed by atoms with Gasteiger partial charge in [0.05, 0.1) is 7.11 Å². The standard InChI is InChI=1S/C22H21NO2/c1-16-15-19(25-2)13-14-20(16)23-21(17-9-5-3-6-10-17)22(24)18-11-7-4-8-12-18/h3-15,21,23H,1-2H3/t21-/m1/s1. The molecular formula is C22H21NO2. The van der Waals surface area contributed by atoms with Gasteiger partial charge in [-0.25, -0.2) is 0 Å². The van der Waals surface area contributed by atoms with E-state index in [0.29, 0.717) is 5.56 Å². The summed E-state index contributed by atoms with van der Waals surface area (Å²) in [6.07, 6.45) is 0. The normalized spacial score (nSPS) is 11.6. The van der Waals surface area contributed by atoms with Crippen molar-refractivity contribution in [3.05, 3.63) is 95.6 Å². The second kappa shape index (κ2) is 7.67. The Balaban J connectivity index is 1.96. The molecule has 0 amide bonds. The third kappa shape index (κ3) is 3.89. The molecule has 3 nitrogen and oxygen atoms in total. The Morgan fingerprint density at radius 3 is 2.16 bits per heavy atom. The van der Waals surface area contributed by atoms with Gasteiger partial charge in [0.25, 0.3) is 0 Å². The van der Waals surface area contributed by atoms with Crippen LogP contribution < -0.4 is 10.1 Å². The molecular weight excluding hydrogens is 310 g/mol. The van der Waals surface area contributed by atoms with Crippen molar-refractivity contribution in [2.24, 2.45) is 0 Å². The molecule has 3 rings (SSSR count). The summed E-state index contributed by atoms with van der Waals surface area (Å²) >= 11 is 0. The van der Waals surface area contributed by atoms with Gasteiger partial charge in [-0.3, -0.25) is 4.79 Å². The van der Waals surface area contributed by atoms with Gasteiger partial charge < -0.3 is 10.1 Å². The van der Waals surface area contributed by atoms with E-state index in [4.69, 9.17) is 4.74 Å². The van der Waals surface area contributed by atoms with Gasteiger partial charge in [0.2, 0.25) is 0 Å². The van der Waals surface area contributed by atoms with Crippen molar-refractivity contribution in [2.45, 2.75) is 13.0 Å². The summed E-state index contributed by atoms with van der Waals surface area (Å²) in [7, 11) is 1.65. The largest absolute Gasteiger partial charge is 0.497 e. The Labute approximate surface area is 148 Å². The van der Waals surface area contributed by atoms with Gasteiger partial charge >= 0.3 is 0 Å². The van der Waals surface area contributed by atoms with E-state index >= 15 is 0 Å². The minimum atomic E-state index is -0.448. The first-order valence-electron chi connectivity index (χ1n) is 8.24. The number of methoxy groups -OCH3 is 1. The minimum absolute atomic E-state index is 0.0435. The van der Waals surface area contributed by atoms with Gasteiger partial charge in [0.1, 0.15) is 11.8 Å². The topological polar surface area (TPSA) is 38.3 Å². The Kier molecular flexibility index (Phi) is 5.14. The van der Waals surface area contributed by atoms with Gasteiger partial charge in [0.15, 0.2) is 5.78 Å². The summed E-state index contributed by atoms with van der Waals surface area (Å²) in [5, 5.41) is 3.41. The summed E-state index contributed by atoms with van der Waals surface area (Å²) in [6.45, 7) is 2.00. The van der Waals surface area contributed by atoms with Crippen LogP contribution >= 0.6 is 0 Å². The minimum Gasteiger partial charge on any atom is -0.497 e. The van der Waals surface area contributed by atoms with E-state index in [-0.39, 0.29) is 5.78 Å². The molecule has 126 valence electrons. The van der Waals surface area contributed by atoms with Crippen molar-refractivity contribution in [2.75, 3.05) is 12.4 Å². The van der Waals surface area contributed by atoms with Gasteiger partial charge in [-0.05, 0) is 36.2 Å². The van der Waals surface area contributed by atoms with Gasteiger partial charge in [0, 0.05) is 11.3 Å². The van der Waals surface area contributed by atoms with E-state index in [1.54, 1.807) is 7.11 Å². The van der Waals surface area contributed by atoms with E-state index in [1.807, 2.05) is 85.8 Å².